The second-order valence-corrected chi connectivity index (χ2v) is 8.05. The molecule has 1 amide bonds. The fourth-order valence-corrected chi connectivity index (χ4v) is 3.65. The van der Waals surface area contributed by atoms with Gasteiger partial charge in [-0.05, 0) is 60.4 Å². The van der Waals surface area contributed by atoms with Crippen molar-refractivity contribution in [1.29, 1.82) is 0 Å². The molecule has 5 nitrogen and oxygen atoms in total. The van der Waals surface area contributed by atoms with E-state index in [2.05, 4.69) is 22.3 Å². The Balaban J connectivity index is 1.33. The second kappa shape index (κ2) is 8.36. The minimum Gasteiger partial charge on any atom is -0.419 e. The van der Waals surface area contributed by atoms with Crippen LogP contribution in [0.3, 0.4) is 0 Å². The van der Waals surface area contributed by atoms with Gasteiger partial charge < -0.3 is 9.32 Å². The van der Waals surface area contributed by atoms with Crippen LogP contribution in [-0.2, 0) is 6.54 Å². The summed E-state index contributed by atoms with van der Waals surface area (Å²) in [5, 5.41) is 8.93. The molecule has 1 heterocycles. The van der Waals surface area contributed by atoms with Gasteiger partial charge in [-0.3, -0.25) is 4.79 Å². The molecule has 3 aromatic carbocycles. The van der Waals surface area contributed by atoms with Crippen LogP contribution in [0, 0.1) is 0 Å². The molecular formula is C25H20ClN3O2. The first-order valence-corrected chi connectivity index (χ1v) is 10.6. The van der Waals surface area contributed by atoms with E-state index in [4.69, 9.17) is 16.0 Å². The summed E-state index contributed by atoms with van der Waals surface area (Å²) in [6, 6.07) is 25.3. The Hall–Kier alpha value is -3.44. The van der Waals surface area contributed by atoms with Gasteiger partial charge in [0.15, 0.2) is 0 Å². The summed E-state index contributed by atoms with van der Waals surface area (Å²) in [6.07, 6.45) is 1.98. The molecule has 0 atom stereocenters. The Kier molecular flexibility index (Phi) is 5.26. The molecule has 0 aliphatic heterocycles. The molecule has 0 unspecified atom stereocenters. The number of aromatic nitrogens is 2. The van der Waals surface area contributed by atoms with Crippen molar-refractivity contribution in [3.8, 4) is 22.6 Å². The molecule has 31 heavy (non-hydrogen) atoms. The molecule has 6 heteroatoms. The number of benzene rings is 3. The third-order valence-electron chi connectivity index (χ3n) is 5.35. The van der Waals surface area contributed by atoms with E-state index < -0.39 is 0 Å². The SMILES string of the molecule is O=C(c1ccc(-c2ccccc2)cc1)N(Cc1nnc(-c2ccc(Cl)cc2)o1)C1CC1. The van der Waals surface area contributed by atoms with Crippen LogP contribution in [0.15, 0.2) is 83.3 Å². The first-order chi connectivity index (χ1) is 15.2. The second-order valence-electron chi connectivity index (χ2n) is 7.62. The van der Waals surface area contributed by atoms with Crippen LogP contribution in [0.2, 0.25) is 5.02 Å². The lowest BCUT2D eigenvalue weighted by atomic mass is 10.0. The molecule has 4 aromatic rings. The minimum atomic E-state index is -0.0200. The zero-order valence-electron chi connectivity index (χ0n) is 16.7. The van der Waals surface area contributed by atoms with Gasteiger partial charge in [-0.25, -0.2) is 0 Å². The van der Waals surface area contributed by atoms with Crippen molar-refractivity contribution < 1.29 is 9.21 Å². The molecule has 0 bridgehead atoms. The van der Waals surface area contributed by atoms with E-state index >= 15 is 0 Å². The maximum absolute atomic E-state index is 13.2. The summed E-state index contributed by atoms with van der Waals surface area (Å²) in [5.74, 6) is 0.821. The van der Waals surface area contributed by atoms with Crippen molar-refractivity contribution in [1.82, 2.24) is 15.1 Å². The van der Waals surface area contributed by atoms with E-state index in [1.165, 1.54) is 0 Å². The smallest absolute Gasteiger partial charge is 0.254 e. The maximum Gasteiger partial charge on any atom is 0.254 e. The molecule has 0 N–H and O–H groups in total. The number of carbonyl (C=O) groups excluding carboxylic acids is 1. The molecule has 1 saturated carbocycles. The van der Waals surface area contributed by atoms with E-state index in [1.54, 1.807) is 12.1 Å². The van der Waals surface area contributed by atoms with Crippen LogP contribution >= 0.6 is 11.6 Å². The summed E-state index contributed by atoms with van der Waals surface area (Å²) in [5.41, 5.74) is 3.66. The normalized spacial score (nSPS) is 13.2. The molecule has 1 fully saturated rings. The number of nitrogens with zero attached hydrogens (tertiary/aromatic N) is 3. The van der Waals surface area contributed by atoms with E-state index in [0.29, 0.717) is 28.9 Å². The van der Waals surface area contributed by atoms with Crippen LogP contribution in [-0.4, -0.2) is 27.0 Å². The van der Waals surface area contributed by atoms with Crippen molar-refractivity contribution >= 4 is 17.5 Å². The van der Waals surface area contributed by atoms with E-state index in [9.17, 15) is 4.79 Å². The lowest BCUT2D eigenvalue weighted by Gasteiger charge is -2.20. The molecule has 1 aliphatic carbocycles. The summed E-state index contributed by atoms with van der Waals surface area (Å²) >= 11 is 5.94. The highest BCUT2D eigenvalue weighted by Crippen LogP contribution is 2.31. The number of hydrogen-bond donors (Lipinski definition) is 0. The Labute approximate surface area is 185 Å². The highest BCUT2D eigenvalue weighted by Gasteiger charge is 2.34. The van der Waals surface area contributed by atoms with Gasteiger partial charge >= 0.3 is 0 Å². The summed E-state index contributed by atoms with van der Waals surface area (Å²) in [6.45, 7) is 0.296. The summed E-state index contributed by atoms with van der Waals surface area (Å²) < 4.78 is 5.82. The van der Waals surface area contributed by atoms with Crippen molar-refractivity contribution in [2.24, 2.45) is 0 Å². The molecular weight excluding hydrogens is 410 g/mol. The van der Waals surface area contributed by atoms with Gasteiger partial charge in [-0.2, -0.15) is 0 Å². The van der Waals surface area contributed by atoms with Gasteiger partial charge in [0, 0.05) is 22.2 Å². The molecule has 154 valence electrons. The molecule has 0 radical (unpaired) electrons. The Morgan fingerprint density at radius 1 is 0.871 bits per heavy atom. The van der Waals surface area contributed by atoms with Crippen molar-refractivity contribution in [3.63, 3.8) is 0 Å². The third kappa shape index (κ3) is 4.37. The molecule has 1 aliphatic rings. The Morgan fingerprint density at radius 3 is 2.19 bits per heavy atom. The zero-order valence-corrected chi connectivity index (χ0v) is 17.5. The maximum atomic E-state index is 13.2. The average Bonchev–Trinajstić information content (AvgIpc) is 3.56. The van der Waals surface area contributed by atoms with Crippen LogP contribution in [0.1, 0.15) is 29.1 Å². The molecule has 1 aromatic heterocycles. The highest BCUT2D eigenvalue weighted by atomic mass is 35.5. The number of rotatable bonds is 6. The monoisotopic (exact) mass is 429 g/mol. The zero-order chi connectivity index (χ0) is 21.2. The third-order valence-corrected chi connectivity index (χ3v) is 5.60. The summed E-state index contributed by atoms with van der Waals surface area (Å²) in [4.78, 5) is 15.0. The fraction of sp³-hybridized carbons (Fsp3) is 0.160. The lowest BCUT2D eigenvalue weighted by molar-refractivity contribution is 0.0714. The molecule has 5 rings (SSSR count). The number of carbonyl (C=O) groups is 1. The largest absolute Gasteiger partial charge is 0.419 e. The fourth-order valence-electron chi connectivity index (χ4n) is 3.53. The van der Waals surface area contributed by atoms with Gasteiger partial charge in [0.1, 0.15) is 0 Å². The van der Waals surface area contributed by atoms with Gasteiger partial charge in [-0.1, -0.05) is 54.1 Å². The highest BCUT2D eigenvalue weighted by molar-refractivity contribution is 6.30. The predicted octanol–water partition coefficient (Wildman–Crippen LogP) is 5.86. The quantitative estimate of drug-likeness (QED) is 0.385. The number of halogens is 1. The van der Waals surface area contributed by atoms with Gasteiger partial charge in [0.05, 0.1) is 6.54 Å². The standard InChI is InChI=1S/C25H20ClN3O2/c26-21-12-10-19(11-13-21)24-28-27-23(31-24)16-29(22-14-15-22)25(30)20-8-6-18(7-9-20)17-4-2-1-3-5-17/h1-13,22H,14-16H2. The molecule has 0 spiro atoms. The van der Waals surface area contributed by atoms with Crippen LogP contribution < -0.4 is 0 Å². The van der Waals surface area contributed by atoms with Gasteiger partial charge in [0.25, 0.3) is 5.91 Å². The number of hydrogen-bond acceptors (Lipinski definition) is 4. The first kappa shape index (κ1) is 19.5. The van der Waals surface area contributed by atoms with E-state index in [0.717, 1.165) is 29.5 Å². The Bertz CT molecular complexity index is 1180. The van der Waals surface area contributed by atoms with E-state index in [-0.39, 0.29) is 11.9 Å². The topological polar surface area (TPSA) is 59.2 Å². The Morgan fingerprint density at radius 2 is 1.52 bits per heavy atom. The van der Waals surface area contributed by atoms with Crippen molar-refractivity contribution in [2.75, 3.05) is 0 Å². The van der Waals surface area contributed by atoms with E-state index in [1.807, 2.05) is 59.5 Å². The average molecular weight is 430 g/mol. The van der Waals surface area contributed by atoms with Crippen LogP contribution in [0.25, 0.3) is 22.6 Å². The van der Waals surface area contributed by atoms with Crippen molar-refractivity contribution in [2.45, 2.75) is 25.4 Å². The number of amides is 1. The van der Waals surface area contributed by atoms with Crippen LogP contribution in [0.5, 0.6) is 0 Å². The molecule has 0 saturated heterocycles. The van der Waals surface area contributed by atoms with Gasteiger partial charge in [0.2, 0.25) is 11.8 Å². The minimum absolute atomic E-state index is 0.0200. The van der Waals surface area contributed by atoms with Crippen LogP contribution in [0.4, 0.5) is 0 Å². The predicted molar refractivity (Wildman–Crippen MR) is 120 cm³/mol. The van der Waals surface area contributed by atoms with Gasteiger partial charge in [-0.15, -0.1) is 10.2 Å². The van der Waals surface area contributed by atoms with Crippen molar-refractivity contribution in [3.05, 3.63) is 95.3 Å². The summed E-state index contributed by atoms with van der Waals surface area (Å²) in [7, 11) is 0. The first-order valence-electron chi connectivity index (χ1n) is 10.2. The lowest BCUT2D eigenvalue weighted by Crippen LogP contribution is -2.32.